The lowest BCUT2D eigenvalue weighted by molar-refractivity contribution is -0.487. The van der Waals surface area contributed by atoms with Crippen LogP contribution in [0.3, 0.4) is 0 Å². The van der Waals surface area contributed by atoms with Gasteiger partial charge in [-0.25, -0.2) is 0 Å². The molecule has 0 amide bonds. The summed E-state index contributed by atoms with van der Waals surface area (Å²) in [6.45, 7) is 1.13. The maximum atomic E-state index is 13.1. The summed E-state index contributed by atoms with van der Waals surface area (Å²) in [6, 6.07) is 12.1. The topological polar surface area (TPSA) is 60.2 Å². The zero-order valence-corrected chi connectivity index (χ0v) is 14.3. The van der Waals surface area contributed by atoms with E-state index in [0.29, 0.717) is 26.7 Å². The highest BCUT2D eigenvalue weighted by Gasteiger charge is 2.45. The number of nitro groups is 1. The average Bonchev–Trinajstić information content (AvgIpc) is 2.49. The Bertz CT molecular complexity index is 871. The van der Waals surface area contributed by atoms with Gasteiger partial charge in [-0.05, 0) is 47.9 Å². The van der Waals surface area contributed by atoms with Crippen molar-refractivity contribution in [3.63, 3.8) is 0 Å². The predicted molar refractivity (Wildman–Crippen MR) is 95.0 cm³/mol. The minimum Gasteiger partial charge on any atom is -0.293 e. The van der Waals surface area contributed by atoms with Crippen LogP contribution in [0.2, 0.25) is 10.0 Å². The van der Waals surface area contributed by atoms with Crippen molar-refractivity contribution in [2.45, 2.75) is 12.3 Å². The maximum absolute atomic E-state index is 13.1. The van der Waals surface area contributed by atoms with E-state index in [-0.39, 0.29) is 5.78 Å². The number of Topliss-reactive ketones (excluding diaryl/α,β-unsaturated/α-hetero) is 1. The van der Waals surface area contributed by atoms with E-state index in [4.69, 9.17) is 23.2 Å². The van der Waals surface area contributed by atoms with Crippen LogP contribution in [0, 0.1) is 10.1 Å². The monoisotopic (exact) mass is 361 g/mol. The molecule has 3 rings (SSSR count). The van der Waals surface area contributed by atoms with Crippen molar-refractivity contribution in [3.8, 4) is 0 Å². The van der Waals surface area contributed by atoms with Crippen molar-refractivity contribution in [3.05, 3.63) is 79.3 Å². The van der Waals surface area contributed by atoms with Crippen LogP contribution in [-0.4, -0.2) is 17.3 Å². The molecule has 0 aromatic heterocycles. The summed E-state index contributed by atoms with van der Waals surface area (Å²) in [5, 5.41) is 12.0. The molecule has 122 valence electrons. The SMILES string of the molecule is CC1(C[N+](=O)[O-])C(=O)C(c2cc(Cl)cc(Cl)c2)=Cc2ccccc21. The van der Waals surface area contributed by atoms with Gasteiger partial charge in [-0.3, -0.25) is 14.9 Å². The number of allylic oxidation sites excluding steroid dienone is 1. The number of rotatable bonds is 3. The zero-order chi connectivity index (χ0) is 17.5. The lowest BCUT2D eigenvalue weighted by Gasteiger charge is -2.31. The molecule has 1 aliphatic rings. The van der Waals surface area contributed by atoms with Crippen molar-refractivity contribution in [2.24, 2.45) is 0 Å². The summed E-state index contributed by atoms with van der Waals surface area (Å²) >= 11 is 12.1. The lowest BCUT2D eigenvalue weighted by Crippen LogP contribution is -2.42. The fraction of sp³-hybridized carbons (Fsp3) is 0.167. The molecule has 0 radical (unpaired) electrons. The third kappa shape index (κ3) is 2.83. The van der Waals surface area contributed by atoms with Gasteiger partial charge in [0.1, 0.15) is 5.41 Å². The number of halogens is 2. The second-order valence-electron chi connectivity index (χ2n) is 5.96. The van der Waals surface area contributed by atoms with Gasteiger partial charge >= 0.3 is 0 Å². The second-order valence-corrected chi connectivity index (χ2v) is 6.83. The number of carbonyl (C=O) groups excluding carboxylic acids is 1. The molecule has 2 aromatic rings. The van der Waals surface area contributed by atoms with Crippen LogP contribution in [0.5, 0.6) is 0 Å². The minimum absolute atomic E-state index is 0.309. The fourth-order valence-corrected chi connectivity index (χ4v) is 3.63. The molecule has 0 saturated carbocycles. The number of benzene rings is 2. The Morgan fingerprint density at radius 2 is 1.75 bits per heavy atom. The number of fused-ring (bicyclic) bond motifs is 1. The van der Waals surface area contributed by atoms with Crippen LogP contribution in [0.15, 0.2) is 42.5 Å². The Balaban J connectivity index is 2.23. The second kappa shape index (κ2) is 6.04. The molecule has 0 N–H and O–H groups in total. The molecule has 0 spiro atoms. The number of ketones is 1. The third-order valence-electron chi connectivity index (χ3n) is 4.22. The van der Waals surface area contributed by atoms with Crippen LogP contribution in [0.4, 0.5) is 0 Å². The molecule has 1 atom stereocenters. The Morgan fingerprint density at radius 1 is 1.12 bits per heavy atom. The van der Waals surface area contributed by atoms with E-state index in [9.17, 15) is 14.9 Å². The molecule has 0 aliphatic heterocycles. The van der Waals surface area contributed by atoms with Crippen molar-refractivity contribution in [1.82, 2.24) is 0 Å². The number of hydrogen-bond acceptors (Lipinski definition) is 3. The van der Waals surface area contributed by atoms with Crippen LogP contribution in [0.25, 0.3) is 11.6 Å². The van der Waals surface area contributed by atoms with Crippen LogP contribution < -0.4 is 0 Å². The molecule has 1 aliphatic carbocycles. The van der Waals surface area contributed by atoms with Crippen molar-refractivity contribution < 1.29 is 9.72 Å². The molecular weight excluding hydrogens is 349 g/mol. The van der Waals surface area contributed by atoms with Gasteiger partial charge in [0.15, 0.2) is 5.78 Å². The Hall–Kier alpha value is -2.17. The first-order valence-electron chi connectivity index (χ1n) is 7.25. The standard InChI is InChI=1S/C18H13Cl2NO3/c1-18(10-21(23)24)16-5-3-2-4-11(16)8-15(17(18)22)12-6-13(19)9-14(20)7-12/h2-9H,10H2,1H3. The third-order valence-corrected chi connectivity index (χ3v) is 4.66. The summed E-state index contributed by atoms with van der Waals surface area (Å²) < 4.78 is 0. The van der Waals surface area contributed by atoms with E-state index in [2.05, 4.69) is 0 Å². The summed E-state index contributed by atoms with van der Waals surface area (Å²) in [7, 11) is 0. The number of carbonyl (C=O) groups is 1. The van der Waals surface area contributed by atoms with Gasteiger partial charge in [0.2, 0.25) is 6.54 Å². The highest BCUT2D eigenvalue weighted by atomic mass is 35.5. The molecule has 6 heteroatoms. The maximum Gasteiger partial charge on any atom is 0.220 e. The smallest absolute Gasteiger partial charge is 0.220 e. The van der Waals surface area contributed by atoms with Crippen molar-refractivity contribution in [2.75, 3.05) is 6.54 Å². The summed E-state index contributed by atoms with van der Waals surface area (Å²) in [6.07, 6.45) is 1.74. The van der Waals surface area contributed by atoms with Crippen molar-refractivity contribution >= 4 is 40.6 Å². The van der Waals surface area contributed by atoms with Crippen LogP contribution >= 0.6 is 23.2 Å². The van der Waals surface area contributed by atoms with Crippen molar-refractivity contribution in [1.29, 1.82) is 0 Å². The number of nitrogens with zero attached hydrogens (tertiary/aromatic N) is 1. The average molecular weight is 362 g/mol. The first-order chi connectivity index (χ1) is 11.3. The molecule has 0 fully saturated rings. The summed E-state index contributed by atoms with van der Waals surface area (Å²) in [5.41, 5.74) is 1.14. The van der Waals surface area contributed by atoms with E-state index in [1.54, 1.807) is 43.3 Å². The Labute approximate surface area is 148 Å². The highest BCUT2D eigenvalue weighted by Crippen LogP contribution is 2.40. The zero-order valence-electron chi connectivity index (χ0n) is 12.8. The van der Waals surface area contributed by atoms with Gasteiger partial charge in [0, 0.05) is 20.5 Å². The first-order valence-corrected chi connectivity index (χ1v) is 8.01. The molecule has 0 heterocycles. The summed E-state index contributed by atoms with van der Waals surface area (Å²) in [5.74, 6) is -0.309. The van der Waals surface area contributed by atoms with Crippen LogP contribution in [-0.2, 0) is 10.2 Å². The molecule has 0 saturated heterocycles. The minimum atomic E-state index is -1.24. The van der Waals surface area contributed by atoms with Gasteiger partial charge in [0.05, 0.1) is 0 Å². The predicted octanol–water partition coefficient (Wildman–Crippen LogP) is 4.65. The van der Waals surface area contributed by atoms with E-state index in [0.717, 1.165) is 5.56 Å². The molecule has 0 bridgehead atoms. The normalized spacial score (nSPS) is 19.6. The molecular formula is C18H13Cl2NO3. The van der Waals surface area contributed by atoms with Crippen LogP contribution in [0.1, 0.15) is 23.6 Å². The largest absolute Gasteiger partial charge is 0.293 e. The van der Waals surface area contributed by atoms with Gasteiger partial charge < -0.3 is 0 Å². The van der Waals surface area contributed by atoms with Gasteiger partial charge in [-0.1, -0.05) is 47.5 Å². The van der Waals surface area contributed by atoms with Gasteiger partial charge in [0.25, 0.3) is 0 Å². The molecule has 2 aromatic carbocycles. The fourth-order valence-electron chi connectivity index (χ4n) is 3.10. The van der Waals surface area contributed by atoms with Gasteiger partial charge in [-0.15, -0.1) is 0 Å². The van der Waals surface area contributed by atoms with E-state index >= 15 is 0 Å². The number of hydrogen-bond donors (Lipinski definition) is 0. The quantitative estimate of drug-likeness (QED) is 0.590. The van der Waals surface area contributed by atoms with E-state index in [1.165, 1.54) is 0 Å². The molecule has 4 nitrogen and oxygen atoms in total. The highest BCUT2D eigenvalue weighted by molar-refractivity contribution is 6.36. The molecule has 24 heavy (non-hydrogen) atoms. The first kappa shape index (κ1) is 16.7. The van der Waals surface area contributed by atoms with E-state index < -0.39 is 16.9 Å². The Kier molecular flexibility index (Phi) is 4.20. The van der Waals surface area contributed by atoms with Gasteiger partial charge in [-0.2, -0.15) is 0 Å². The lowest BCUT2D eigenvalue weighted by atomic mass is 9.69. The Morgan fingerprint density at radius 3 is 2.38 bits per heavy atom. The molecule has 1 unspecified atom stereocenters. The van der Waals surface area contributed by atoms with E-state index in [1.807, 2.05) is 12.1 Å². The summed E-state index contributed by atoms with van der Waals surface area (Å²) in [4.78, 5) is 23.8.